The highest BCUT2D eigenvalue weighted by Crippen LogP contribution is 1.99. The molecule has 1 nitrogen and oxygen atoms in total. The number of aliphatic hydroxyl groups is 1. The Kier molecular flexibility index (Phi) is 2.66. The third-order valence-electron chi connectivity index (χ3n) is 1.67. The number of aliphatic hydroxyl groups excluding tert-OH is 1. The van der Waals surface area contributed by atoms with E-state index >= 15 is 0 Å². The normalized spacial score (nSPS) is 9.73. The molecule has 3 heteroatoms. The second kappa shape index (κ2) is 3.53. The smallest absolute Gasteiger partial charge is 0.158 e. The molecule has 0 unspecified atom stereocenters. The first kappa shape index (κ1) is 8.27. The number of hydrogen-bond donors (Lipinski definition) is 1. The van der Waals surface area contributed by atoms with Crippen LogP contribution in [0.4, 0.5) is 4.39 Å². The molecule has 0 bridgehead atoms. The van der Waals surface area contributed by atoms with Gasteiger partial charge in [0, 0.05) is 0 Å². The molecular weight excluding hydrogens is 142 g/mol. The Labute approximate surface area is 66.1 Å². The molecule has 0 aliphatic heterocycles. The van der Waals surface area contributed by atoms with Crippen LogP contribution in [0.2, 0.25) is 6.82 Å². The Morgan fingerprint density at radius 1 is 1.55 bits per heavy atom. The highest BCUT2D eigenvalue weighted by molar-refractivity contribution is 6.52. The van der Waals surface area contributed by atoms with Crippen LogP contribution in [0.3, 0.4) is 0 Å². The summed E-state index contributed by atoms with van der Waals surface area (Å²) in [5.74, 6) is -0.190. The molecule has 11 heavy (non-hydrogen) atoms. The number of hydrogen-bond acceptors (Lipinski definition) is 1. The Hall–Kier alpha value is -0.825. The van der Waals surface area contributed by atoms with Crippen LogP contribution in [-0.2, 0) is 6.61 Å². The SMILES string of the molecule is CBc1cc(CO)ccc1F. The second-order valence-corrected chi connectivity index (χ2v) is 2.44. The van der Waals surface area contributed by atoms with Crippen molar-refractivity contribution in [1.82, 2.24) is 0 Å². The minimum Gasteiger partial charge on any atom is -0.392 e. The lowest BCUT2D eigenvalue weighted by Crippen LogP contribution is -2.16. The van der Waals surface area contributed by atoms with E-state index in [4.69, 9.17) is 5.11 Å². The quantitative estimate of drug-likeness (QED) is 0.609. The van der Waals surface area contributed by atoms with Gasteiger partial charge in [0.2, 0.25) is 0 Å². The molecule has 0 fully saturated rings. The van der Waals surface area contributed by atoms with E-state index in [1.54, 1.807) is 12.1 Å². The first-order chi connectivity index (χ1) is 5.27. The van der Waals surface area contributed by atoms with Crippen LogP contribution >= 0.6 is 0 Å². The van der Waals surface area contributed by atoms with Crippen molar-refractivity contribution in [2.24, 2.45) is 0 Å². The first-order valence-corrected chi connectivity index (χ1v) is 3.66. The molecule has 1 rings (SSSR count). The summed E-state index contributed by atoms with van der Waals surface area (Å²) in [5.41, 5.74) is 1.43. The van der Waals surface area contributed by atoms with Gasteiger partial charge in [-0.25, -0.2) is 4.39 Å². The van der Waals surface area contributed by atoms with Crippen LogP contribution in [0.5, 0.6) is 0 Å². The molecule has 0 radical (unpaired) electrons. The zero-order valence-corrected chi connectivity index (χ0v) is 6.47. The topological polar surface area (TPSA) is 20.2 Å². The van der Waals surface area contributed by atoms with Crippen molar-refractivity contribution in [3.05, 3.63) is 29.6 Å². The second-order valence-electron chi connectivity index (χ2n) is 2.44. The Morgan fingerprint density at radius 3 is 2.82 bits per heavy atom. The number of benzene rings is 1. The molecule has 0 saturated heterocycles. The fourth-order valence-electron chi connectivity index (χ4n) is 0.997. The van der Waals surface area contributed by atoms with E-state index < -0.39 is 0 Å². The van der Waals surface area contributed by atoms with Crippen molar-refractivity contribution in [1.29, 1.82) is 0 Å². The molecule has 0 heterocycles. The summed E-state index contributed by atoms with van der Waals surface area (Å²) in [7, 11) is 0.666. The molecule has 0 saturated carbocycles. The van der Waals surface area contributed by atoms with Crippen molar-refractivity contribution in [3.8, 4) is 0 Å². The summed E-state index contributed by atoms with van der Waals surface area (Å²) in [4.78, 5) is 0. The third-order valence-corrected chi connectivity index (χ3v) is 1.67. The Bertz CT molecular complexity index is 250. The van der Waals surface area contributed by atoms with E-state index in [0.29, 0.717) is 12.7 Å². The van der Waals surface area contributed by atoms with Crippen LogP contribution < -0.4 is 5.46 Å². The van der Waals surface area contributed by atoms with Gasteiger partial charge >= 0.3 is 0 Å². The zero-order valence-electron chi connectivity index (χ0n) is 6.47. The van der Waals surface area contributed by atoms with Gasteiger partial charge in [0.1, 0.15) is 5.82 Å². The van der Waals surface area contributed by atoms with Gasteiger partial charge in [-0.05, 0) is 17.1 Å². The first-order valence-electron chi connectivity index (χ1n) is 3.66. The van der Waals surface area contributed by atoms with E-state index in [-0.39, 0.29) is 12.4 Å². The largest absolute Gasteiger partial charge is 0.392 e. The van der Waals surface area contributed by atoms with Gasteiger partial charge in [-0.2, -0.15) is 0 Å². The fraction of sp³-hybridized carbons (Fsp3) is 0.250. The molecule has 0 spiro atoms. The highest BCUT2D eigenvalue weighted by atomic mass is 19.1. The minimum atomic E-state index is -0.190. The molecule has 0 aliphatic carbocycles. The van der Waals surface area contributed by atoms with Crippen LogP contribution in [0, 0.1) is 5.82 Å². The van der Waals surface area contributed by atoms with Crippen molar-refractivity contribution >= 4 is 12.7 Å². The minimum absolute atomic E-state index is 0.0206. The van der Waals surface area contributed by atoms with Crippen LogP contribution in [0.15, 0.2) is 18.2 Å². The van der Waals surface area contributed by atoms with Gasteiger partial charge in [-0.1, -0.05) is 19.0 Å². The maximum absolute atomic E-state index is 12.8. The maximum Gasteiger partial charge on any atom is 0.158 e. The van der Waals surface area contributed by atoms with Crippen molar-refractivity contribution in [3.63, 3.8) is 0 Å². The van der Waals surface area contributed by atoms with E-state index in [0.717, 1.165) is 5.56 Å². The predicted molar refractivity (Wildman–Crippen MR) is 45.0 cm³/mol. The lowest BCUT2D eigenvalue weighted by Gasteiger charge is -2.00. The Balaban J connectivity index is 3.02. The summed E-state index contributed by atoms with van der Waals surface area (Å²) in [5, 5.41) is 8.73. The summed E-state index contributed by atoms with van der Waals surface area (Å²) in [6.45, 7) is 1.87. The summed E-state index contributed by atoms with van der Waals surface area (Å²) in [6, 6.07) is 4.67. The van der Waals surface area contributed by atoms with Crippen LogP contribution in [-0.4, -0.2) is 12.4 Å². The van der Waals surface area contributed by atoms with Crippen LogP contribution in [0.25, 0.3) is 0 Å². The monoisotopic (exact) mass is 152 g/mol. The summed E-state index contributed by atoms with van der Waals surface area (Å²) < 4.78 is 12.8. The molecule has 1 N–H and O–H groups in total. The van der Waals surface area contributed by atoms with Crippen molar-refractivity contribution in [2.75, 3.05) is 0 Å². The van der Waals surface area contributed by atoms with Crippen molar-refractivity contribution < 1.29 is 9.50 Å². The van der Waals surface area contributed by atoms with E-state index in [2.05, 4.69) is 0 Å². The standard InChI is InChI=1S/C8H10BFO/c1-9-7-4-6(5-11)2-3-8(7)10/h2-4,9,11H,5H2,1H3. The van der Waals surface area contributed by atoms with E-state index in [1.165, 1.54) is 6.07 Å². The van der Waals surface area contributed by atoms with Crippen LogP contribution in [0.1, 0.15) is 5.56 Å². The molecule has 1 aromatic carbocycles. The number of rotatable bonds is 2. The molecule has 0 atom stereocenters. The maximum atomic E-state index is 12.8. The summed E-state index contributed by atoms with van der Waals surface area (Å²) >= 11 is 0. The van der Waals surface area contributed by atoms with Gasteiger partial charge in [0.15, 0.2) is 7.28 Å². The zero-order chi connectivity index (χ0) is 8.27. The molecule has 1 aromatic rings. The van der Waals surface area contributed by atoms with Gasteiger partial charge in [-0.15, -0.1) is 0 Å². The van der Waals surface area contributed by atoms with E-state index in [1.807, 2.05) is 6.82 Å². The molecule has 0 amide bonds. The number of halogens is 1. The lowest BCUT2D eigenvalue weighted by molar-refractivity contribution is 0.282. The van der Waals surface area contributed by atoms with E-state index in [9.17, 15) is 4.39 Å². The predicted octanol–water partition coefficient (Wildman–Crippen LogP) is 0.428. The molecule has 0 aliphatic rings. The lowest BCUT2D eigenvalue weighted by atomic mass is 9.72. The average molecular weight is 152 g/mol. The van der Waals surface area contributed by atoms with Gasteiger partial charge in [0.05, 0.1) is 6.61 Å². The molecule has 58 valence electrons. The van der Waals surface area contributed by atoms with Gasteiger partial charge in [0.25, 0.3) is 0 Å². The van der Waals surface area contributed by atoms with Crippen molar-refractivity contribution in [2.45, 2.75) is 13.4 Å². The summed E-state index contributed by atoms with van der Waals surface area (Å²) in [6.07, 6.45) is 0. The highest BCUT2D eigenvalue weighted by Gasteiger charge is 2.00. The third kappa shape index (κ3) is 1.81. The average Bonchev–Trinajstić information content (AvgIpc) is 2.05. The molecule has 0 aromatic heterocycles. The molecular formula is C8H10BFO. The Morgan fingerprint density at radius 2 is 2.27 bits per heavy atom. The van der Waals surface area contributed by atoms with Gasteiger partial charge < -0.3 is 5.11 Å². The fourth-order valence-corrected chi connectivity index (χ4v) is 0.997. The van der Waals surface area contributed by atoms with Gasteiger partial charge in [-0.3, -0.25) is 0 Å².